The molecule has 0 radical (unpaired) electrons. The predicted octanol–water partition coefficient (Wildman–Crippen LogP) is 1.08. The summed E-state index contributed by atoms with van der Waals surface area (Å²) in [4.78, 5) is 6.66. The number of hydrogen-bond acceptors (Lipinski definition) is 5. The maximum Gasteiger partial charge on any atom is 0.0795 e. The molecular weight excluding hydrogens is 222 g/mol. The Hall–Kier alpha value is -0.490. The van der Waals surface area contributed by atoms with E-state index in [1.54, 1.807) is 11.3 Å². The van der Waals surface area contributed by atoms with E-state index in [4.69, 9.17) is 10.5 Å². The van der Waals surface area contributed by atoms with Crippen LogP contribution in [0.5, 0.6) is 0 Å². The lowest BCUT2D eigenvalue weighted by atomic mass is 9.88. The first kappa shape index (κ1) is 12.0. The second kappa shape index (κ2) is 5.23. The highest BCUT2D eigenvalue weighted by Gasteiger charge is 2.35. The maximum atomic E-state index is 5.95. The Labute approximate surface area is 100 Å². The molecule has 0 bridgehead atoms. The average Bonchev–Trinajstić information content (AvgIpc) is 2.82. The Morgan fingerprint density at radius 2 is 2.31 bits per heavy atom. The highest BCUT2D eigenvalue weighted by Crippen LogP contribution is 2.27. The SMILES string of the molecule is CN(Cc1cscn1)C1(CN)CCOCC1. The summed E-state index contributed by atoms with van der Waals surface area (Å²) in [6.45, 7) is 3.20. The Balaban J connectivity index is 2.02. The van der Waals surface area contributed by atoms with Crippen molar-refractivity contribution in [3.63, 3.8) is 0 Å². The number of nitrogens with zero attached hydrogens (tertiary/aromatic N) is 2. The summed E-state index contributed by atoms with van der Waals surface area (Å²) in [6.07, 6.45) is 2.04. The van der Waals surface area contributed by atoms with Gasteiger partial charge in [-0.2, -0.15) is 0 Å². The van der Waals surface area contributed by atoms with Gasteiger partial charge in [0.05, 0.1) is 11.2 Å². The summed E-state index contributed by atoms with van der Waals surface area (Å²) < 4.78 is 5.42. The van der Waals surface area contributed by atoms with Gasteiger partial charge in [-0.3, -0.25) is 4.90 Å². The van der Waals surface area contributed by atoms with Crippen molar-refractivity contribution in [2.75, 3.05) is 26.8 Å². The van der Waals surface area contributed by atoms with Gasteiger partial charge in [-0.05, 0) is 19.9 Å². The first-order valence-electron chi connectivity index (χ1n) is 5.63. The normalized spacial score (nSPS) is 20.2. The number of rotatable bonds is 4. The van der Waals surface area contributed by atoms with Crippen LogP contribution in [0.25, 0.3) is 0 Å². The molecule has 4 nitrogen and oxygen atoms in total. The molecule has 0 amide bonds. The summed E-state index contributed by atoms with van der Waals surface area (Å²) in [5, 5.41) is 2.10. The van der Waals surface area contributed by atoms with Crippen LogP contribution in [0.15, 0.2) is 10.9 Å². The van der Waals surface area contributed by atoms with Gasteiger partial charge in [0.1, 0.15) is 0 Å². The smallest absolute Gasteiger partial charge is 0.0795 e. The quantitative estimate of drug-likeness (QED) is 0.857. The van der Waals surface area contributed by atoms with E-state index in [1.165, 1.54) is 0 Å². The van der Waals surface area contributed by atoms with Crippen molar-refractivity contribution >= 4 is 11.3 Å². The maximum absolute atomic E-state index is 5.95. The lowest BCUT2D eigenvalue weighted by Gasteiger charge is -2.43. The standard InChI is InChI=1S/C11H19N3OS/c1-14(6-10-7-16-9-13-10)11(8-12)2-4-15-5-3-11/h7,9H,2-6,8,12H2,1H3. The van der Waals surface area contributed by atoms with Crippen molar-refractivity contribution in [2.24, 2.45) is 5.73 Å². The van der Waals surface area contributed by atoms with Crippen molar-refractivity contribution in [2.45, 2.75) is 24.9 Å². The fourth-order valence-electron chi connectivity index (χ4n) is 2.22. The van der Waals surface area contributed by atoms with Gasteiger partial charge in [-0.25, -0.2) is 4.98 Å². The van der Waals surface area contributed by atoms with E-state index >= 15 is 0 Å². The zero-order valence-corrected chi connectivity index (χ0v) is 10.5. The molecule has 0 aliphatic carbocycles. The first-order chi connectivity index (χ1) is 7.77. The van der Waals surface area contributed by atoms with E-state index in [1.807, 2.05) is 5.51 Å². The molecule has 2 heterocycles. The molecule has 0 unspecified atom stereocenters. The summed E-state index contributed by atoms with van der Waals surface area (Å²) in [5.74, 6) is 0. The van der Waals surface area contributed by atoms with Crippen LogP contribution >= 0.6 is 11.3 Å². The second-order valence-corrected chi connectivity index (χ2v) is 5.10. The molecule has 0 saturated carbocycles. The zero-order valence-electron chi connectivity index (χ0n) is 9.69. The molecule has 0 spiro atoms. The third-order valence-electron chi connectivity index (χ3n) is 3.50. The minimum atomic E-state index is 0.0991. The topological polar surface area (TPSA) is 51.4 Å². The van der Waals surface area contributed by atoms with E-state index in [0.29, 0.717) is 6.54 Å². The van der Waals surface area contributed by atoms with Gasteiger partial charge in [-0.1, -0.05) is 0 Å². The Morgan fingerprint density at radius 3 is 2.88 bits per heavy atom. The van der Waals surface area contributed by atoms with Gasteiger partial charge in [0.25, 0.3) is 0 Å². The largest absolute Gasteiger partial charge is 0.381 e. The van der Waals surface area contributed by atoms with Crippen LogP contribution in [0.4, 0.5) is 0 Å². The van der Waals surface area contributed by atoms with Crippen molar-refractivity contribution in [1.82, 2.24) is 9.88 Å². The minimum absolute atomic E-state index is 0.0991. The van der Waals surface area contributed by atoms with E-state index in [2.05, 4.69) is 22.3 Å². The average molecular weight is 241 g/mol. The Bertz CT molecular complexity index is 309. The third kappa shape index (κ3) is 2.43. The van der Waals surface area contributed by atoms with Crippen LogP contribution in [0.3, 0.4) is 0 Å². The van der Waals surface area contributed by atoms with Gasteiger partial charge in [-0.15, -0.1) is 11.3 Å². The summed E-state index contributed by atoms with van der Waals surface area (Å²) in [6, 6.07) is 0. The molecule has 0 aromatic carbocycles. The number of ether oxygens (including phenoxy) is 1. The van der Waals surface area contributed by atoms with E-state index in [9.17, 15) is 0 Å². The van der Waals surface area contributed by atoms with Gasteiger partial charge in [0.15, 0.2) is 0 Å². The van der Waals surface area contributed by atoms with Crippen molar-refractivity contribution in [1.29, 1.82) is 0 Å². The zero-order chi connectivity index (χ0) is 11.4. The minimum Gasteiger partial charge on any atom is -0.381 e. The Morgan fingerprint density at radius 1 is 1.56 bits per heavy atom. The molecule has 5 heteroatoms. The second-order valence-electron chi connectivity index (χ2n) is 4.38. The molecule has 1 aliphatic rings. The van der Waals surface area contributed by atoms with Crippen molar-refractivity contribution < 1.29 is 4.74 Å². The number of aromatic nitrogens is 1. The van der Waals surface area contributed by atoms with Crippen molar-refractivity contribution in [3.05, 3.63) is 16.6 Å². The van der Waals surface area contributed by atoms with E-state index in [0.717, 1.165) is 38.3 Å². The van der Waals surface area contributed by atoms with Crippen LogP contribution in [-0.2, 0) is 11.3 Å². The highest BCUT2D eigenvalue weighted by atomic mass is 32.1. The van der Waals surface area contributed by atoms with Crippen LogP contribution in [0.2, 0.25) is 0 Å². The van der Waals surface area contributed by atoms with Crippen LogP contribution in [0.1, 0.15) is 18.5 Å². The van der Waals surface area contributed by atoms with Gasteiger partial charge in [0, 0.05) is 37.2 Å². The molecule has 2 N–H and O–H groups in total. The fraction of sp³-hybridized carbons (Fsp3) is 0.727. The first-order valence-corrected chi connectivity index (χ1v) is 6.57. The van der Waals surface area contributed by atoms with Crippen LogP contribution in [-0.4, -0.2) is 42.2 Å². The molecule has 90 valence electrons. The van der Waals surface area contributed by atoms with E-state index in [-0.39, 0.29) is 5.54 Å². The summed E-state index contributed by atoms with van der Waals surface area (Å²) >= 11 is 1.64. The lowest BCUT2D eigenvalue weighted by Crippen LogP contribution is -2.54. The number of hydrogen-bond donors (Lipinski definition) is 1. The van der Waals surface area contributed by atoms with Crippen molar-refractivity contribution in [3.8, 4) is 0 Å². The molecule has 2 rings (SSSR count). The predicted molar refractivity (Wildman–Crippen MR) is 65.4 cm³/mol. The van der Waals surface area contributed by atoms with E-state index < -0.39 is 0 Å². The van der Waals surface area contributed by atoms with Gasteiger partial charge >= 0.3 is 0 Å². The number of likely N-dealkylation sites (N-methyl/N-ethyl adjacent to an activating group) is 1. The molecule has 1 aliphatic heterocycles. The molecule has 16 heavy (non-hydrogen) atoms. The molecular formula is C11H19N3OS. The van der Waals surface area contributed by atoms with Crippen LogP contribution in [0, 0.1) is 0 Å². The lowest BCUT2D eigenvalue weighted by molar-refractivity contribution is -0.0167. The molecule has 1 aromatic heterocycles. The molecule has 1 saturated heterocycles. The fourth-order valence-corrected chi connectivity index (χ4v) is 2.77. The van der Waals surface area contributed by atoms with Gasteiger partial charge in [0.2, 0.25) is 0 Å². The van der Waals surface area contributed by atoms with Gasteiger partial charge < -0.3 is 10.5 Å². The molecule has 0 atom stereocenters. The summed E-state index contributed by atoms with van der Waals surface area (Å²) in [5.41, 5.74) is 9.06. The number of nitrogens with two attached hydrogens (primary N) is 1. The third-order valence-corrected chi connectivity index (χ3v) is 4.13. The Kier molecular flexibility index (Phi) is 3.91. The monoisotopic (exact) mass is 241 g/mol. The molecule has 1 aromatic rings. The summed E-state index contributed by atoms with van der Waals surface area (Å²) in [7, 11) is 2.14. The highest BCUT2D eigenvalue weighted by molar-refractivity contribution is 7.07. The molecule has 1 fully saturated rings. The van der Waals surface area contributed by atoms with Crippen LogP contribution < -0.4 is 5.73 Å². The number of thiazole rings is 1.